The fourth-order valence-corrected chi connectivity index (χ4v) is 3.66. The van der Waals surface area contributed by atoms with Crippen LogP contribution in [0.15, 0.2) is 4.52 Å². The van der Waals surface area contributed by atoms with Gasteiger partial charge in [-0.25, -0.2) is 0 Å². The summed E-state index contributed by atoms with van der Waals surface area (Å²) >= 11 is 0. The van der Waals surface area contributed by atoms with Crippen molar-refractivity contribution in [3.63, 3.8) is 0 Å². The Bertz CT molecular complexity index is 450. The number of hydrogen-bond donors (Lipinski definition) is 1. The van der Waals surface area contributed by atoms with Crippen LogP contribution >= 0.6 is 0 Å². The minimum absolute atomic E-state index is 0.364. The van der Waals surface area contributed by atoms with Crippen molar-refractivity contribution in [1.82, 2.24) is 10.1 Å². The van der Waals surface area contributed by atoms with E-state index in [1.54, 1.807) is 0 Å². The fraction of sp³-hybridized carbons (Fsp3) is 0.875. The van der Waals surface area contributed by atoms with Gasteiger partial charge in [0.2, 0.25) is 5.89 Å². The zero-order valence-electron chi connectivity index (χ0n) is 12.8. The highest BCUT2D eigenvalue weighted by Crippen LogP contribution is 2.42. The van der Waals surface area contributed by atoms with Crippen molar-refractivity contribution in [3.8, 4) is 0 Å². The molecule has 2 aliphatic rings. The number of nitrogens with zero attached hydrogens (tertiary/aromatic N) is 2. The van der Waals surface area contributed by atoms with Crippen LogP contribution in [0.3, 0.4) is 0 Å². The molecule has 0 aliphatic heterocycles. The third kappa shape index (κ3) is 2.76. The summed E-state index contributed by atoms with van der Waals surface area (Å²) in [6, 6.07) is 0. The lowest BCUT2D eigenvalue weighted by molar-refractivity contribution is 0.212. The lowest BCUT2D eigenvalue weighted by atomic mass is 9.73. The smallest absolute Gasteiger partial charge is 0.246 e. The van der Waals surface area contributed by atoms with Crippen LogP contribution < -0.4 is 5.73 Å². The molecule has 0 spiro atoms. The number of hydrogen-bond acceptors (Lipinski definition) is 4. The van der Waals surface area contributed by atoms with Gasteiger partial charge in [0, 0.05) is 5.92 Å². The fourth-order valence-electron chi connectivity index (χ4n) is 3.66. The largest absolute Gasteiger partial charge is 0.337 e. The molecule has 2 fully saturated rings. The molecule has 2 saturated carbocycles. The van der Waals surface area contributed by atoms with Gasteiger partial charge in [0.15, 0.2) is 5.82 Å². The monoisotopic (exact) mass is 277 g/mol. The molecule has 3 rings (SSSR count). The number of nitrogens with two attached hydrogens (primary N) is 1. The van der Waals surface area contributed by atoms with E-state index in [9.17, 15) is 0 Å². The van der Waals surface area contributed by atoms with Gasteiger partial charge in [-0.2, -0.15) is 4.98 Å². The predicted octanol–water partition coefficient (Wildman–Crippen LogP) is 3.87. The van der Waals surface area contributed by atoms with Gasteiger partial charge in [-0.15, -0.1) is 0 Å². The zero-order valence-corrected chi connectivity index (χ0v) is 12.8. The van der Waals surface area contributed by atoms with E-state index in [0.717, 1.165) is 18.7 Å². The first-order valence-electron chi connectivity index (χ1n) is 8.12. The molecule has 0 saturated heterocycles. The van der Waals surface area contributed by atoms with Crippen LogP contribution in [0.4, 0.5) is 0 Å². The van der Waals surface area contributed by atoms with Crippen molar-refractivity contribution in [1.29, 1.82) is 0 Å². The molecule has 2 N–H and O–H groups in total. The van der Waals surface area contributed by atoms with E-state index in [1.165, 1.54) is 44.9 Å². The average molecular weight is 277 g/mol. The molecule has 4 nitrogen and oxygen atoms in total. The summed E-state index contributed by atoms with van der Waals surface area (Å²) in [5.74, 6) is 2.04. The van der Waals surface area contributed by atoms with Crippen LogP contribution in [0.1, 0.15) is 89.3 Å². The van der Waals surface area contributed by atoms with Gasteiger partial charge in [0.25, 0.3) is 0 Å². The first kappa shape index (κ1) is 14.1. The molecule has 4 heteroatoms. The summed E-state index contributed by atoms with van der Waals surface area (Å²) in [5.41, 5.74) is 6.58. The van der Waals surface area contributed by atoms with Crippen molar-refractivity contribution >= 4 is 0 Å². The highest BCUT2D eigenvalue weighted by molar-refractivity contribution is 5.06. The molecular weight excluding hydrogens is 250 g/mol. The molecule has 20 heavy (non-hydrogen) atoms. The van der Waals surface area contributed by atoms with Crippen LogP contribution in [-0.2, 0) is 5.54 Å². The van der Waals surface area contributed by atoms with Crippen molar-refractivity contribution in [2.75, 3.05) is 0 Å². The van der Waals surface area contributed by atoms with E-state index in [4.69, 9.17) is 10.3 Å². The Kier molecular flexibility index (Phi) is 3.61. The highest BCUT2D eigenvalue weighted by atomic mass is 16.5. The Hall–Kier alpha value is -0.900. The summed E-state index contributed by atoms with van der Waals surface area (Å²) < 4.78 is 5.53. The van der Waals surface area contributed by atoms with Gasteiger partial charge < -0.3 is 10.3 Å². The second-order valence-corrected chi connectivity index (χ2v) is 7.61. The quantitative estimate of drug-likeness (QED) is 0.891. The molecular formula is C16H27N3O. The first-order chi connectivity index (χ1) is 9.49. The lowest BCUT2D eigenvalue weighted by Crippen LogP contribution is -2.39. The van der Waals surface area contributed by atoms with Crippen LogP contribution in [0.2, 0.25) is 0 Å². The Labute approximate surface area is 121 Å². The van der Waals surface area contributed by atoms with Crippen LogP contribution in [0.25, 0.3) is 0 Å². The highest BCUT2D eigenvalue weighted by Gasteiger charge is 2.37. The van der Waals surface area contributed by atoms with Crippen molar-refractivity contribution < 1.29 is 4.52 Å². The zero-order chi connectivity index (χ0) is 14.2. The van der Waals surface area contributed by atoms with E-state index < -0.39 is 0 Å². The van der Waals surface area contributed by atoms with Crippen LogP contribution in [0.5, 0.6) is 0 Å². The lowest BCUT2D eigenvalue weighted by Gasteiger charge is -2.33. The van der Waals surface area contributed by atoms with Crippen LogP contribution in [-0.4, -0.2) is 10.1 Å². The number of aromatic nitrogens is 2. The van der Waals surface area contributed by atoms with Gasteiger partial charge in [0.05, 0.1) is 5.54 Å². The topological polar surface area (TPSA) is 64.9 Å². The first-order valence-corrected chi connectivity index (χ1v) is 8.12. The maximum Gasteiger partial charge on any atom is 0.246 e. The molecule has 2 aliphatic carbocycles. The van der Waals surface area contributed by atoms with Crippen molar-refractivity contribution in [2.45, 2.75) is 83.1 Å². The minimum atomic E-state index is -0.364. The maximum absolute atomic E-state index is 6.47. The molecule has 1 aromatic heterocycles. The molecule has 112 valence electrons. The summed E-state index contributed by atoms with van der Waals surface area (Å²) in [7, 11) is 0. The minimum Gasteiger partial charge on any atom is -0.337 e. The Balaban J connectivity index is 1.71. The summed E-state index contributed by atoms with van der Waals surface area (Å²) in [5, 5.41) is 4.24. The molecule has 0 unspecified atom stereocenters. The second kappa shape index (κ2) is 5.14. The molecule has 1 heterocycles. The summed E-state index contributed by atoms with van der Waals surface area (Å²) in [6.07, 6.45) is 10.4. The van der Waals surface area contributed by atoms with Gasteiger partial charge >= 0.3 is 0 Å². The molecule has 0 atom stereocenters. The van der Waals surface area contributed by atoms with E-state index >= 15 is 0 Å². The maximum atomic E-state index is 6.47. The molecule has 0 aromatic carbocycles. The Morgan fingerprint density at radius 1 is 1.05 bits per heavy atom. The summed E-state index contributed by atoms with van der Waals surface area (Å²) in [4.78, 5) is 4.67. The number of rotatable bonds is 2. The van der Waals surface area contributed by atoms with Crippen molar-refractivity contribution in [2.24, 2.45) is 11.1 Å². The standard InChI is InChI=1S/C16H27N3O/c1-15(2)10-6-12(7-11-15)13-18-14(20-19-13)16(17)8-4-3-5-9-16/h12H,3-11,17H2,1-2H3. The molecule has 0 radical (unpaired) electrons. The van der Waals surface area contributed by atoms with Crippen LogP contribution in [0, 0.1) is 5.41 Å². The normalized spacial score (nSPS) is 26.6. The summed E-state index contributed by atoms with van der Waals surface area (Å²) in [6.45, 7) is 4.70. The van der Waals surface area contributed by atoms with Gasteiger partial charge in [0.1, 0.15) is 0 Å². The Morgan fingerprint density at radius 2 is 1.70 bits per heavy atom. The van der Waals surface area contributed by atoms with E-state index in [1.807, 2.05) is 0 Å². The SMILES string of the molecule is CC1(C)CCC(c2noc(C3(N)CCCCC3)n2)CC1. The third-order valence-corrected chi connectivity index (χ3v) is 5.32. The molecule has 0 bridgehead atoms. The van der Waals surface area contributed by atoms with E-state index in [-0.39, 0.29) is 5.54 Å². The van der Waals surface area contributed by atoms with E-state index in [0.29, 0.717) is 17.2 Å². The Morgan fingerprint density at radius 3 is 2.35 bits per heavy atom. The van der Waals surface area contributed by atoms with Gasteiger partial charge in [-0.3, -0.25) is 0 Å². The molecule has 0 amide bonds. The van der Waals surface area contributed by atoms with Gasteiger partial charge in [-0.05, 0) is 43.9 Å². The molecule has 1 aromatic rings. The van der Waals surface area contributed by atoms with E-state index in [2.05, 4.69) is 24.0 Å². The average Bonchev–Trinajstić information content (AvgIpc) is 2.90. The third-order valence-electron chi connectivity index (χ3n) is 5.32. The predicted molar refractivity (Wildman–Crippen MR) is 78.2 cm³/mol. The van der Waals surface area contributed by atoms with Gasteiger partial charge in [-0.1, -0.05) is 38.3 Å². The second-order valence-electron chi connectivity index (χ2n) is 7.61. The van der Waals surface area contributed by atoms with Crippen molar-refractivity contribution in [3.05, 3.63) is 11.7 Å².